The fourth-order valence-corrected chi connectivity index (χ4v) is 4.77. The summed E-state index contributed by atoms with van der Waals surface area (Å²) in [4.78, 5) is 41.1. The van der Waals surface area contributed by atoms with E-state index < -0.39 is 23.9 Å². The Labute approximate surface area is 213 Å². The molecule has 9 heteroatoms. The minimum Gasteiger partial charge on any atom is -0.496 e. The fourth-order valence-electron chi connectivity index (χ4n) is 4.77. The first kappa shape index (κ1) is 25.5. The van der Waals surface area contributed by atoms with Gasteiger partial charge in [0, 0.05) is 28.8 Å². The highest BCUT2D eigenvalue weighted by Crippen LogP contribution is 2.33. The van der Waals surface area contributed by atoms with Crippen LogP contribution in [0.15, 0.2) is 59.4 Å². The van der Waals surface area contributed by atoms with Gasteiger partial charge >= 0.3 is 0 Å². The number of hydrogen-bond donors (Lipinski definition) is 3. The molecule has 0 radical (unpaired) electrons. The van der Waals surface area contributed by atoms with Gasteiger partial charge < -0.3 is 25.3 Å². The number of nitrogens with two attached hydrogens (primary N) is 1. The van der Waals surface area contributed by atoms with Gasteiger partial charge in [0.2, 0.25) is 11.5 Å². The van der Waals surface area contributed by atoms with Crippen LogP contribution in [-0.4, -0.2) is 34.5 Å². The number of ether oxygens (including phenoxy) is 1. The third-order valence-electron chi connectivity index (χ3n) is 6.36. The summed E-state index contributed by atoms with van der Waals surface area (Å²) in [5, 5.41) is 14.2. The Hall–Kier alpha value is -4.58. The maximum atomic E-state index is 13.7. The molecule has 2 aromatic heterocycles. The number of H-pyrrole nitrogens is 1. The SMILES string of the molecule is COc1cccc2c1cc(C(N)=O)n2[C@@H](CC(C)C)C(=O)NC(C#N)Cc1cc(=O)[nH]c2ccccc12. The summed E-state index contributed by atoms with van der Waals surface area (Å²) in [6.45, 7) is 3.95. The molecule has 0 aliphatic carbocycles. The third kappa shape index (κ3) is 5.19. The van der Waals surface area contributed by atoms with Crippen LogP contribution in [0.25, 0.3) is 21.8 Å². The molecule has 2 amide bonds. The predicted octanol–water partition coefficient (Wildman–Crippen LogP) is 3.43. The van der Waals surface area contributed by atoms with Crippen LogP contribution in [0.5, 0.6) is 5.75 Å². The molecule has 9 nitrogen and oxygen atoms in total. The number of amides is 2. The van der Waals surface area contributed by atoms with Crippen LogP contribution < -0.4 is 21.3 Å². The highest BCUT2D eigenvalue weighted by molar-refractivity contribution is 6.01. The Kier molecular flexibility index (Phi) is 7.30. The van der Waals surface area contributed by atoms with Crippen molar-refractivity contribution in [1.82, 2.24) is 14.9 Å². The number of hydrogen-bond acceptors (Lipinski definition) is 5. The van der Waals surface area contributed by atoms with Crippen LogP contribution in [0.2, 0.25) is 0 Å². The van der Waals surface area contributed by atoms with Crippen molar-refractivity contribution in [3.05, 3.63) is 76.2 Å². The predicted molar refractivity (Wildman–Crippen MR) is 141 cm³/mol. The Morgan fingerprint density at radius 2 is 1.89 bits per heavy atom. The minimum atomic E-state index is -0.902. The van der Waals surface area contributed by atoms with E-state index in [-0.39, 0.29) is 23.6 Å². The van der Waals surface area contributed by atoms with Gasteiger partial charge in [-0.15, -0.1) is 0 Å². The molecule has 2 heterocycles. The number of nitrogens with zero attached hydrogens (tertiary/aromatic N) is 2. The van der Waals surface area contributed by atoms with Gasteiger partial charge in [0.15, 0.2) is 0 Å². The van der Waals surface area contributed by atoms with Crippen molar-refractivity contribution in [2.24, 2.45) is 11.7 Å². The van der Waals surface area contributed by atoms with Crippen LogP contribution in [0.4, 0.5) is 0 Å². The average Bonchev–Trinajstić information content (AvgIpc) is 3.26. The Balaban J connectivity index is 1.73. The second-order valence-electron chi connectivity index (χ2n) is 9.40. The molecule has 1 unspecified atom stereocenters. The number of benzene rings is 2. The van der Waals surface area contributed by atoms with Gasteiger partial charge in [-0.05, 0) is 42.2 Å². The smallest absolute Gasteiger partial charge is 0.265 e. The van der Waals surface area contributed by atoms with E-state index in [4.69, 9.17) is 10.5 Å². The van der Waals surface area contributed by atoms with Crippen LogP contribution in [0.3, 0.4) is 0 Å². The van der Waals surface area contributed by atoms with Crippen molar-refractivity contribution >= 4 is 33.6 Å². The van der Waals surface area contributed by atoms with E-state index in [1.165, 1.54) is 13.2 Å². The standard InChI is InChI=1S/C28H29N5O4/c1-16(2)11-24(33-22-9-6-10-25(37-3)20(22)14-23(33)27(30)35)28(36)31-18(15-29)12-17-13-26(34)32-21-8-5-4-7-19(17)21/h4-10,13-14,16,18,24H,11-12H2,1-3H3,(H2,30,35)(H,31,36)(H,32,34)/t18?,24-/m0/s1. The quantitative estimate of drug-likeness (QED) is 0.323. The number of nitriles is 1. The molecular formula is C28H29N5O4. The average molecular weight is 500 g/mol. The van der Waals surface area contributed by atoms with Crippen LogP contribution >= 0.6 is 0 Å². The Morgan fingerprint density at radius 1 is 1.14 bits per heavy atom. The third-order valence-corrected chi connectivity index (χ3v) is 6.36. The van der Waals surface area contributed by atoms with Gasteiger partial charge in [0.1, 0.15) is 23.5 Å². The highest BCUT2D eigenvalue weighted by Gasteiger charge is 2.29. The number of aromatic amines is 1. The molecule has 2 atom stereocenters. The molecule has 2 aromatic carbocycles. The van der Waals surface area contributed by atoms with Gasteiger partial charge in [-0.1, -0.05) is 38.1 Å². The van der Waals surface area contributed by atoms with E-state index >= 15 is 0 Å². The summed E-state index contributed by atoms with van der Waals surface area (Å²) < 4.78 is 7.08. The number of aromatic nitrogens is 2. The summed E-state index contributed by atoms with van der Waals surface area (Å²) >= 11 is 0. The van der Waals surface area contributed by atoms with Crippen molar-refractivity contribution in [2.45, 2.75) is 38.8 Å². The first-order chi connectivity index (χ1) is 17.7. The van der Waals surface area contributed by atoms with Crippen molar-refractivity contribution in [1.29, 1.82) is 5.26 Å². The van der Waals surface area contributed by atoms with Crippen LogP contribution in [0, 0.1) is 17.2 Å². The summed E-state index contributed by atoms with van der Waals surface area (Å²) in [6.07, 6.45) is 0.545. The van der Waals surface area contributed by atoms with E-state index in [0.29, 0.717) is 34.2 Å². The largest absolute Gasteiger partial charge is 0.496 e. The van der Waals surface area contributed by atoms with E-state index in [0.717, 1.165) is 5.39 Å². The van der Waals surface area contributed by atoms with Gasteiger partial charge in [0.05, 0.1) is 18.7 Å². The molecule has 0 aliphatic heterocycles. The first-order valence-corrected chi connectivity index (χ1v) is 12.0. The molecule has 0 saturated heterocycles. The van der Waals surface area contributed by atoms with Crippen LogP contribution in [-0.2, 0) is 11.2 Å². The molecule has 4 rings (SSSR count). The molecule has 0 bridgehead atoms. The normalized spacial score (nSPS) is 12.8. The number of para-hydroxylation sites is 1. The molecule has 0 saturated carbocycles. The highest BCUT2D eigenvalue weighted by atomic mass is 16.5. The first-order valence-electron chi connectivity index (χ1n) is 12.0. The molecule has 0 aliphatic rings. The van der Waals surface area contributed by atoms with Crippen LogP contribution in [0.1, 0.15) is 42.4 Å². The lowest BCUT2D eigenvalue weighted by atomic mass is 10.00. The molecular weight excluding hydrogens is 470 g/mol. The lowest BCUT2D eigenvalue weighted by Crippen LogP contribution is -2.41. The van der Waals surface area contributed by atoms with Crippen molar-refractivity contribution in [3.63, 3.8) is 0 Å². The van der Waals surface area contributed by atoms with Crippen molar-refractivity contribution in [3.8, 4) is 11.8 Å². The number of carbonyl (C=O) groups is 2. The Bertz CT molecular complexity index is 1580. The number of pyridine rings is 1. The molecule has 37 heavy (non-hydrogen) atoms. The monoisotopic (exact) mass is 499 g/mol. The van der Waals surface area contributed by atoms with Gasteiger partial charge in [-0.2, -0.15) is 5.26 Å². The van der Waals surface area contributed by atoms with E-state index in [2.05, 4.69) is 16.4 Å². The number of nitrogens with one attached hydrogen (secondary N) is 2. The van der Waals surface area contributed by atoms with Gasteiger partial charge in [-0.25, -0.2) is 0 Å². The lowest BCUT2D eigenvalue weighted by Gasteiger charge is -2.24. The Morgan fingerprint density at radius 3 is 2.57 bits per heavy atom. The summed E-state index contributed by atoms with van der Waals surface area (Å²) in [5.41, 5.74) is 7.55. The molecule has 0 spiro atoms. The zero-order chi connectivity index (χ0) is 26.7. The molecule has 4 N–H and O–H groups in total. The minimum absolute atomic E-state index is 0.0942. The molecule has 0 fully saturated rings. The summed E-state index contributed by atoms with van der Waals surface area (Å²) in [5.74, 6) is -0.445. The number of primary amides is 1. The molecule has 4 aromatic rings. The van der Waals surface area contributed by atoms with Gasteiger partial charge in [-0.3, -0.25) is 14.4 Å². The number of methoxy groups -OCH3 is 1. The summed E-state index contributed by atoms with van der Waals surface area (Å²) in [7, 11) is 1.53. The zero-order valence-corrected chi connectivity index (χ0v) is 20.9. The number of fused-ring (bicyclic) bond motifs is 2. The summed E-state index contributed by atoms with van der Waals surface area (Å²) in [6, 6.07) is 16.2. The zero-order valence-electron chi connectivity index (χ0n) is 20.9. The fraction of sp³-hybridized carbons (Fsp3) is 0.286. The maximum absolute atomic E-state index is 13.7. The van der Waals surface area contributed by atoms with Crippen molar-refractivity contribution < 1.29 is 14.3 Å². The maximum Gasteiger partial charge on any atom is 0.265 e. The van der Waals surface area contributed by atoms with E-state index in [1.807, 2.05) is 32.0 Å². The van der Waals surface area contributed by atoms with E-state index in [9.17, 15) is 19.6 Å². The lowest BCUT2D eigenvalue weighted by molar-refractivity contribution is -0.125. The van der Waals surface area contributed by atoms with Crippen molar-refractivity contribution in [2.75, 3.05) is 7.11 Å². The second-order valence-corrected chi connectivity index (χ2v) is 9.40. The number of carbonyl (C=O) groups excluding carboxylic acids is 2. The number of rotatable bonds is 9. The topological polar surface area (TPSA) is 143 Å². The molecule has 190 valence electrons. The second kappa shape index (κ2) is 10.6. The van der Waals surface area contributed by atoms with Gasteiger partial charge in [0.25, 0.3) is 5.91 Å². The van der Waals surface area contributed by atoms with E-state index in [1.54, 1.807) is 34.9 Å².